The van der Waals surface area contributed by atoms with Gasteiger partial charge in [0.2, 0.25) is 10.0 Å². The van der Waals surface area contributed by atoms with Crippen LogP contribution in [0.5, 0.6) is 5.75 Å². The minimum Gasteiger partial charge on any atom is -0.497 e. The second kappa shape index (κ2) is 5.67. The van der Waals surface area contributed by atoms with Crippen LogP contribution in [-0.4, -0.2) is 42.2 Å². The topological polar surface area (TPSA) is 104 Å². The average Bonchev–Trinajstić information content (AvgIpc) is 3.09. The first-order chi connectivity index (χ1) is 10.9. The minimum atomic E-state index is -3.30. The van der Waals surface area contributed by atoms with Crippen LogP contribution in [0, 0.1) is 0 Å². The maximum absolute atomic E-state index is 12.3. The summed E-state index contributed by atoms with van der Waals surface area (Å²) in [5.74, 6) is 0.669. The van der Waals surface area contributed by atoms with Crippen molar-refractivity contribution in [3.8, 4) is 5.75 Å². The molecule has 0 atom stereocenters. The van der Waals surface area contributed by atoms with Gasteiger partial charge in [0.05, 0.1) is 25.6 Å². The second-order valence-corrected chi connectivity index (χ2v) is 7.22. The van der Waals surface area contributed by atoms with Crippen LogP contribution in [0.2, 0.25) is 0 Å². The van der Waals surface area contributed by atoms with E-state index in [1.165, 1.54) is 11.4 Å². The number of nitrogens with zero attached hydrogens (tertiary/aromatic N) is 2. The first kappa shape index (κ1) is 15.5. The van der Waals surface area contributed by atoms with Crippen LogP contribution < -0.4 is 10.1 Å². The zero-order valence-electron chi connectivity index (χ0n) is 12.7. The molecule has 2 heterocycles. The van der Waals surface area contributed by atoms with Gasteiger partial charge in [0.15, 0.2) is 0 Å². The lowest BCUT2D eigenvalue weighted by molar-refractivity contribution is 0.102. The number of ether oxygens (including phenoxy) is 1. The zero-order valence-corrected chi connectivity index (χ0v) is 13.5. The molecule has 0 unspecified atom stereocenters. The summed E-state index contributed by atoms with van der Waals surface area (Å²) in [5.41, 5.74) is 1.74. The van der Waals surface area contributed by atoms with Gasteiger partial charge in [-0.15, -0.1) is 0 Å². The lowest BCUT2D eigenvalue weighted by Gasteiger charge is -2.12. The van der Waals surface area contributed by atoms with Crippen LogP contribution in [0.4, 0.5) is 5.82 Å². The Kier molecular flexibility index (Phi) is 3.82. The van der Waals surface area contributed by atoms with E-state index in [9.17, 15) is 13.2 Å². The maximum Gasteiger partial charge on any atom is 0.256 e. The number of nitrogens with one attached hydrogen (secondary N) is 2. The van der Waals surface area contributed by atoms with E-state index in [0.29, 0.717) is 28.4 Å². The Bertz CT molecular complexity index is 859. The van der Waals surface area contributed by atoms with Crippen molar-refractivity contribution in [1.82, 2.24) is 14.5 Å². The van der Waals surface area contributed by atoms with Crippen molar-refractivity contribution >= 4 is 21.7 Å². The van der Waals surface area contributed by atoms with Gasteiger partial charge in [-0.3, -0.25) is 9.89 Å². The third kappa shape index (κ3) is 3.06. The molecule has 9 heteroatoms. The molecular weight excluding hydrogens is 320 g/mol. The molecule has 1 amide bonds. The summed E-state index contributed by atoms with van der Waals surface area (Å²) in [7, 11) is -1.77. The van der Waals surface area contributed by atoms with Gasteiger partial charge in [-0.1, -0.05) is 6.07 Å². The Balaban J connectivity index is 1.79. The molecule has 1 aromatic carbocycles. The molecule has 1 aromatic heterocycles. The van der Waals surface area contributed by atoms with Crippen molar-refractivity contribution in [2.24, 2.45) is 0 Å². The highest BCUT2D eigenvalue weighted by Gasteiger charge is 2.31. The third-order valence-corrected chi connectivity index (χ3v) is 4.85. The fourth-order valence-corrected chi connectivity index (χ4v) is 3.11. The van der Waals surface area contributed by atoms with Crippen LogP contribution >= 0.6 is 0 Å². The Morgan fingerprint density at radius 1 is 1.39 bits per heavy atom. The van der Waals surface area contributed by atoms with E-state index < -0.39 is 10.0 Å². The normalized spacial score (nSPS) is 14.5. The maximum atomic E-state index is 12.3. The predicted octanol–water partition coefficient (Wildman–Crippen LogP) is 0.946. The van der Waals surface area contributed by atoms with Gasteiger partial charge in [-0.2, -0.15) is 9.40 Å². The molecular formula is C14H16N4O4S. The summed E-state index contributed by atoms with van der Waals surface area (Å²) >= 11 is 0. The van der Waals surface area contributed by atoms with Crippen molar-refractivity contribution in [1.29, 1.82) is 0 Å². The van der Waals surface area contributed by atoms with Crippen LogP contribution in [0.25, 0.3) is 0 Å². The second-order valence-electron chi connectivity index (χ2n) is 5.24. The van der Waals surface area contributed by atoms with Crippen LogP contribution in [0.15, 0.2) is 24.3 Å². The van der Waals surface area contributed by atoms with Gasteiger partial charge in [0.25, 0.3) is 5.91 Å². The molecule has 3 rings (SSSR count). The number of H-pyrrole nitrogens is 1. The summed E-state index contributed by atoms with van der Waals surface area (Å²) in [4.78, 5) is 12.3. The molecule has 0 aliphatic carbocycles. The highest BCUT2D eigenvalue weighted by atomic mass is 32.2. The number of amides is 1. The van der Waals surface area contributed by atoms with Crippen LogP contribution in [0.3, 0.4) is 0 Å². The first-order valence-electron chi connectivity index (χ1n) is 6.85. The van der Waals surface area contributed by atoms with Crippen molar-refractivity contribution in [2.45, 2.75) is 13.1 Å². The standard InChI is InChI=1S/C14H16N4O4S/c1-22-10-5-3-4-9(6-10)14(19)15-13-11-7-18(23(2,20)21)8-12(11)16-17-13/h3-6H,7-8H2,1-2H3,(H2,15,16,17,19). The predicted molar refractivity (Wildman–Crippen MR) is 83.6 cm³/mol. The van der Waals surface area contributed by atoms with Crippen molar-refractivity contribution in [3.05, 3.63) is 41.1 Å². The van der Waals surface area contributed by atoms with Crippen LogP contribution in [-0.2, 0) is 23.1 Å². The monoisotopic (exact) mass is 336 g/mol. The molecule has 0 radical (unpaired) electrons. The largest absolute Gasteiger partial charge is 0.497 e. The summed E-state index contributed by atoms with van der Waals surface area (Å²) < 4.78 is 29.6. The minimum absolute atomic E-state index is 0.193. The van der Waals surface area contributed by atoms with E-state index in [-0.39, 0.29) is 19.0 Å². The number of hydrogen-bond acceptors (Lipinski definition) is 5. The van der Waals surface area contributed by atoms with E-state index >= 15 is 0 Å². The van der Waals surface area contributed by atoms with Gasteiger partial charge < -0.3 is 10.1 Å². The smallest absolute Gasteiger partial charge is 0.256 e. The molecule has 2 N–H and O–H groups in total. The number of methoxy groups -OCH3 is 1. The summed E-state index contributed by atoms with van der Waals surface area (Å²) in [6, 6.07) is 6.75. The molecule has 8 nitrogen and oxygen atoms in total. The Hall–Kier alpha value is -2.39. The van der Waals surface area contributed by atoms with Crippen molar-refractivity contribution < 1.29 is 17.9 Å². The van der Waals surface area contributed by atoms with Crippen molar-refractivity contribution in [2.75, 3.05) is 18.7 Å². The number of benzene rings is 1. The quantitative estimate of drug-likeness (QED) is 0.865. The number of aromatic nitrogens is 2. The Morgan fingerprint density at radius 2 is 2.17 bits per heavy atom. The molecule has 1 aliphatic heterocycles. The Labute approximate surface area is 133 Å². The molecule has 0 saturated carbocycles. The fraction of sp³-hybridized carbons (Fsp3) is 0.286. The number of hydrogen-bond donors (Lipinski definition) is 2. The molecule has 0 spiro atoms. The van der Waals surface area contributed by atoms with E-state index in [1.807, 2.05) is 0 Å². The Morgan fingerprint density at radius 3 is 2.87 bits per heavy atom. The summed E-state index contributed by atoms with van der Waals surface area (Å²) in [5, 5.41) is 9.54. The van der Waals surface area contributed by atoms with Crippen LogP contribution in [0.1, 0.15) is 21.6 Å². The lowest BCUT2D eigenvalue weighted by atomic mass is 10.2. The van der Waals surface area contributed by atoms with Gasteiger partial charge in [0, 0.05) is 17.7 Å². The SMILES string of the molecule is COc1cccc(C(=O)Nc2[nH]nc3c2CN(S(C)(=O)=O)C3)c1. The van der Waals surface area contributed by atoms with E-state index in [2.05, 4.69) is 15.5 Å². The van der Waals surface area contributed by atoms with Crippen molar-refractivity contribution in [3.63, 3.8) is 0 Å². The van der Waals surface area contributed by atoms with E-state index in [4.69, 9.17) is 4.74 Å². The number of aromatic amines is 1. The third-order valence-electron chi connectivity index (χ3n) is 3.65. The molecule has 2 aromatic rings. The van der Waals surface area contributed by atoms with Gasteiger partial charge in [0.1, 0.15) is 11.6 Å². The van der Waals surface area contributed by atoms with Gasteiger partial charge in [-0.05, 0) is 18.2 Å². The summed E-state index contributed by atoms with van der Waals surface area (Å²) in [6.07, 6.45) is 1.15. The first-order valence-corrected chi connectivity index (χ1v) is 8.70. The fourth-order valence-electron chi connectivity index (χ4n) is 2.39. The highest BCUT2D eigenvalue weighted by molar-refractivity contribution is 7.88. The highest BCUT2D eigenvalue weighted by Crippen LogP contribution is 2.29. The lowest BCUT2D eigenvalue weighted by Crippen LogP contribution is -2.24. The number of sulfonamides is 1. The summed E-state index contributed by atoms with van der Waals surface area (Å²) in [6.45, 7) is 0.401. The molecule has 0 saturated heterocycles. The van der Waals surface area contributed by atoms with E-state index in [0.717, 1.165) is 6.26 Å². The molecule has 122 valence electrons. The number of fused-ring (bicyclic) bond motifs is 1. The molecule has 0 fully saturated rings. The number of rotatable bonds is 4. The molecule has 1 aliphatic rings. The van der Waals surface area contributed by atoms with Gasteiger partial charge in [-0.25, -0.2) is 8.42 Å². The number of carbonyl (C=O) groups is 1. The van der Waals surface area contributed by atoms with E-state index in [1.54, 1.807) is 24.3 Å². The zero-order chi connectivity index (χ0) is 16.6. The molecule has 0 bridgehead atoms. The average molecular weight is 336 g/mol. The number of carbonyl (C=O) groups excluding carboxylic acids is 1. The van der Waals surface area contributed by atoms with Gasteiger partial charge >= 0.3 is 0 Å². The number of anilines is 1. The molecule has 23 heavy (non-hydrogen) atoms.